The minimum Gasteiger partial charge on any atom is -0.391 e. The number of nitrogens with zero attached hydrogens (tertiary/aromatic N) is 2. The summed E-state index contributed by atoms with van der Waals surface area (Å²) in [5, 5.41) is 13.1. The number of hydrogen-bond acceptors (Lipinski definition) is 4. The predicted molar refractivity (Wildman–Crippen MR) is 74.6 cm³/mol. The van der Waals surface area contributed by atoms with Gasteiger partial charge >= 0.3 is 0 Å². The molecule has 1 fully saturated rings. The quantitative estimate of drug-likeness (QED) is 0.887. The van der Waals surface area contributed by atoms with Gasteiger partial charge in [0, 0.05) is 25.8 Å². The monoisotopic (exact) mass is 283 g/mol. The standard InChI is InChI=1S/C13H18ClN3O2/c1-2-15-12-11(14)6-9(7-16-12)13(19)17-5-3-4-10(18)8-17/h6-7,10,18H,2-5,8H2,1H3,(H,15,16). The van der Waals surface area contributed by atoms with Crippen LogP contribution in [0.5, 0.6) is 0 Å². The zero-order chi connectivity index (χ0) is 13.8. The number of nitrogens with one attached hydrogen (secondary N) is 1. The predicted octanol–water partition coefficient (Wildman–Crippen LogP) is 1.76. The second-order valence-corrected chi connectivity index (χ2v) is 5.04. The van der Waals surface area contributed by atoms with Crippen LogP contribution in [0.3, 0.4) is 0 Å². The summed E-state index contributed by atoms with van der Waals surface area (Å²) in [6, 6.07) is 1.62. The molecule has 6 heteroatoms. The Balaban J connectivity index is 2.12. The van der Waals surface area contributed by atoms with Crippen molar-refractivity contribution in [3.8, 4) is 0 Å². The Morgan fingerprint density at radius 1 is 1.68 bits per heavy atom. The molecular formula is C13H18ClN3O2. The lowest BCUT2D eigenvalue weighted by Gasteiger charge is -2.30. The highest BCUT2D eigenvalue weighted by molar-refractivity contribution is 6.33. The number of carbonyl (C=O) groups is 1. The Kier molecular flexibility index (Phi) is 4.61. The van der Waals surface area contributed by atoms with Gasteiger partial charge in [0.05, 0.1) is 16.7 Å². The Morgan fingerprint density at radius 3 is 3.11 bits per heavy atom. The fraction of sp³-hybridized carbons (Fsp3) is 0.538. The van der Waals surface area contributed by atoms with Gasteiger partial charge in [-0.3, -0.25) is 4.79 Å². The van der Waals surface area contributed by atoms with Crippen LogP contribution in [0.1, 0.15) is 30.1 Å². The minimum absolute atomic E-state index is 0.129. The number of amides is 1. The lowest BCUT2D eigenvalue weighted by Crippen LogP contribution is -2.42. The van der Waals surface area contributed by atoms with Gasteiger partial charge in [-0.2, -0.15) is 0 Å². The minimum atomic E-state index is -0.429. The SMILES string of the molecule is CCNc1ncc(C(=O)N2CCCC(O)C2)cc1Cl. The van der Waals surface area contributed by atoms with Crippen LogP contribution in [0.4, 0.5) is 5.82 Å². The van der Waals surface area contributed by atoms with Crippen LogP contribution in [0.2, 0.25) is 5.02 Å². The molecule has 1 aromatic heterocycles. The Hall–Kier alpha value is -1.33. The van der Waals surface area contributed by atoms with E-state index in [0.717, 1.165) is 19.4 Å². The summed E-state index contributed by atoms with van der Waals surface area (Å²) in [4.78, 5) is 18.1. The highest BCUT2D eigenvalue weighted by atomic mass is 35.5. The summed E-state index contributed by atoms with van der Waals surface area (Å²) in [6.45, 7) is 3.72. The van der Waals surface area contributed by atoms with Crippen LogP contribution in [0.15, 0.2) is 12.3 Å². The van der Waals surface area contributed by atoms with Gasteiger partial charge in [0.15, 0.2) is 0 Å². The highest BCUT2D eigenvalue weighted by Gasteiger charge is 2.23. The van der Waals surface area contributed by atoms with Crippen molar-refractivity contribution in [2.45, 2.75) is 25.9 Å². The van der Waals surface area contributed by atoms with Crippen molar-refractivity contribution in [3.05, 3.63) is 22.8 Å². The number of piperidine rings is 1. The van der Waals surface area contributed by atoms with Gasteiger partial charge in [0.2, 0.25) is 0 Å². The molecule has 0 aliphatic carbocycles. The van der Waals surface area contributed by atoms with Crippen molar-refractivity contribution in [1.82, 2.24) is 9.88 Å². The molecule has 0 aromatic carbocycles. The molecule has 5 nitrogen and oxygen atoms in total. The largest absolute Gasteiger partial charge is 0.391 e. The first-order valence-electron chi connectivity index (χ1n) is 6.48. The summed E-state index contributed by atoms with van der Waals surface area (Å²) in [6.07, 6.45) is 2.67. The maximum Gasteiger partial charge on any atom is 0.255 e. The molecule has 2 N–H and O–H groups in total. The van der Waals surface area contributed by atoms with Crippen molar-refractivity contribution in [3.63, 3.8) is 0 Å². The molecule has 1 amide bonds. The lowest BCUT2D eigenvalue weighted by atomic mass is 10.1. The third-order valence-corrected chi connectivity index (χ3v) is 3.40. The summed E-state index contributed by atoms with van der Waals surface area (Å²) in [5.41, 5.74) is 0.459. The van der Waals surface area contributed by atoms with Gasteiger partial charge in [-0.25, -0.2) is 4.98 Å². The van der Waals surface area contributed by atoms with Gasteiger partial charge in [0.25, 0.3) is 5.91 Å². The van der Waals surface area contributed by atoms with E-state index in [0.29, 0.717) is 29.5 Å². The van der Waals surface area contributed by atoms with Gasteiger partial charge in [-0.05, 0) is 25.8 Å². The second kappa shape index (κ2) is 6.21. The first-order valence-corrected chi connectivity index (χ1v) is 6.86. The number of anilines is 1. The Morgan fingerprint density at radius 2 is 2.47 bits per heavy atom. The van der Waals surface area contributed by atoms with E-state index in [1.54, 1.807) is 11.0 Å². The van der Waals surface area contributed by atoms with Crippen molar-refractivity contribution in [1.29, 1.82) is 0 Å². The number of likely N-dealkylation sites (tertiary alicyclic amines) is 1. The van der Waals surface area contributed by atoms with E-state index in [2.05, 4.69) is 10.3 Å². The molecule has 104 valence electrons. The second-order valence-electron chi connectivity index (χ2n) is 4.63. The Labute approximate surface area is 117 Å². The number of aliphatic hydroxyl groups excluding tert-OH is 1. The van der Waals surface area contributed by atoms with E-state index in [9.17, 15) is 9.90 Å². The van der Waals surface area contributed by atoms with Crippen molar-refractivity contribution >= 4 is 23.3 Å². The molecule has 0 spiro atoms. The summed E-state index contributed by atoms with van der Waals surface area (Å²) < 4.78 is 0. The third-order valence-electron chi connectivity index (χ3n) is 3.12. The van der Waals surface area contributed by atoms with E-state index in [1.807, 2.05) is 6.92 Å². The normalized spacial score (nSPS) is 19.3. The van der Waals surface area contributed by atoms with E-state index < -0.39 is 6.10 Å². The number of rotatable bonds is 3. The molecule has 2 heterocycles. The first-order chi connectivity index (χ1) is 9.11. The van der Waals surface area contributed by atoms with Gasteiger partial charge < -0.3 is 15.3 Å². The molecule has 0 radical (unpaired) electrons. The van der Waals surface area contributed by atoms with Crippen LogP contribution >= 0.6 is 11.6 Å². The molecule has 1 aromatic rings. The van der Waals surface area contributed by atoms with Crippen LogP contribution in [-0.2, 0) is 0 Å². The Bertz CT molecular complexity index is 467. The zero-order valence-electron chi connectivity index (χ0n) is 10.9. The number of aromatic nitrogens is 1. The molecule has 1 atom stereocenters. The average molecular weight is 284 g/mol. The molecule has 2 rings (SSSR count). The lowest BCUT2D eigenvalue weighted by molar-refractivity contribution is 0.0473. The number of carbonyl (C=O) groups excluding carboxylic acids is 1. The fourth-order valence-corrected chi connectivity index (χ4v) is 2.41. The maximum atomic E-state index is 12.3. The molecule has 0 saturated carbocycles. The maximum absolute atomic E-state index is 12.3. The number of halogens is 1. The molecule has 1 aliphatic heterocycles. The smallest absolute Gasteiger partial charge is 0.255 e. The fourth-order valence-electron chi connectivity index (χ4n) is 2.17. The number of pyridine rings is 1. The van der Waals surface area contributed by atoms with Crippen molar-refractivity contribution in [2.24, 2.45) is 0 Å². The summed E-state index contributed by atoms with van der Waals surface area (Å²) in [7, 11) is 0. The van der Waals surface area contributed by atoms with Crippen LogP contribution in [0, 0.1) is 0 Å². The number of β-amino-alcohol motifs (C(OH)–C–C–N with tert-alkyl or cyclic N) is 1. The summed E-state index contributed by atoms with van der Waals surface area (Å²) >= 11 is 6.07. The summed E-state index contributed by atoms with van der Waals surface area (Å²) in [5.74, 6) is 0.454. The zero-order valence-corrected chi connectivity index (χ0v) is 11.7. The van der Waals surface area contributed by atoms with Crippen molar-refractivity contribution in [2.75, 3.05) is 25.0 Å². The van der Waals surface area contributed by atoms with Crippen LogP contribution in [0.25, 0.3) is 0 Å². The first kappa shape index (κ1) is 14.1. The van der Waals surface area contributed by atoms with Gasteiger partial charge in [-0.15, -0.1) is 0 Å². The number of aliphatic hydroxyl groups is 1. The topological polar surface area (TPSA) is 65.5 Å². The van der Waals surface area contributed by atoms with E-state index in [1.165, 1.54) is 6.20 Å². The molecular weight excluding hydrogens is 266 g/mol. The number of hydrogen-bond donors (Lipinski definition) is 2. The van der Waals surface area contributed by atoms with Gasteiger partial charge in [-0.1, -0.05) is 11.6 Å². The van der Waals surface area contributed by atoms with Crippen molar-refractivity contribution < 1.29 is 9.90 Å². The van der Waals surface area contributed by atoms with Gasteiger partial charge in [0.1, 0.15) is 5.82 Å². The average Bonchev–Trinajstić information content (AvgIpc) is 2.40. The van der Waals surface area contributed by atoms with E-state index in [4.69, 9.17) is 11.6 Å². The van der Waals surface area contributed by atoms with Crippen LogP contribution < -0.4 is 5.32 Å². The van der Waals surface area contributed by atoms with Crippen LogP contribution in [-0.4, -0.2) is 46.6 Å². The van der Waals surface area contributed by atoms with E-state index >= 15 is 0 Å². The molecule has 1 unspecified atom stereocenters. The third kappa shape index (κ3) is 3.36. The molecule has 1 aliphatic rings. The van der Waals surface area contributed by atoms with E-state index in [-0.39, 0.29) is 5.91 Å². The molecule has 19 heavy (non-hydrogen) atoms. The highest BCUT2D eigenvalue weighted by Crippen LogP contribution is 2.21. The molecule has 0 bridgehead atoms. The molecule has 1 saturated heterocycles.